The molecule has 0 aromatic carbocycles. The SMILES string of the molecule is CC(=O)O.COC=C1C=CC=CC1. The molecule has 3 heteroatoms. The van der Waals surface area contributed by atoms with E-state index in [0.29, 0.717) is 0 Å². The lowest BCUT2D eigenvalue weighted by molar-refractivity contribution is -0.134. The van der Waals surface area contributed by atoms with Gasteiger partial charge in [0.2, 0.25) is 0 Å². The minimum absolute atomic E-state index is 0.833. The highest BCUT2D eigenvalue weighted by Crippen LogP contribution is 2.08. The number of carbonyl (C=O) groups is 1. The molecule has 72 valence electrons. The van der Waals surface area contributed by atoms with Gasteiger partial charge in [-0.2, -0.15) is 0 Å². The summed E-state index contributed by atoms with van der Waals surface area (Å²) in [7, 11) is 1.67. The maximum Gasteiger partial charge on any atom is 0.300 e. The molecule has 0 amide bonds. The van der Waals surface area contributed by atoms with E-state index in [1.165, 1.54) is 5.57 Å². The highest BCUT2D eigenvalue weighted by Gasteiger charge is 1.90. The van der Waals surface area contributed by atoms with E-state index in [0.717, 1.165) is 13.3 Å². The van der Waals surface area contributed by atoms with Crippen LogP contribution in [0.5, 0.6) is 0 Å². The summed E-state index contributed by atoms with van der Waals surface area (Å²) in [4.78, 5) is 9.00. The number of hydrogen-bond donors (Lipinski definition) is 1. The van der Waals surface area contributed by atoms with Crippen molar-refractivity contribution in [2.75, 3.05) is 7.11 Å². The number of hydrogen-bond acceptors (Lipinski definition) is 2. The quantitative estimate of drug-likeness (QED) is 0.632. The van der Waals surface area contributed by atoms with Crippen molar-refractivity contribution in [2.24, 2.45) is 0 Å². The number of methoxy groups -OCH3 is 1. The third kappa shape index (κ3) is 8.40. The molecule has 13 heavy (non-hydrogen) atoms. The van der Waals surface area contributed by atoms with Gasteiger partial charge in [-0.15, -0.1) is 0 Å². The fourth-order valence-corrected chi connectivity index (χ4v) is 0.769. The number of allylic oxidation sites excluding steroid dienone is 5. The van der Waals surface area contributed by atoms with Crippen molar-refractivity contribution in [1.29, 1.82) is 0 Å². The second-order valence-electron chi connectivity index (χ2n) is 2.44. The summed E-state index contributed by atoms with van der Waals surface area (Å²) in [5.41, 5.74) is 1.22. The molecule has 0 aromatic heterocycles. The molecule has 0 heterocycles. The normalized spacial score (nSPS) is 16.3. The van der Waals surface area contributed by atoms with Gasteiger partial charge in [-0.3, -0.25) is 4.79 Å². The van der Waals surface area contributed by atoms with Gasteiger partial charge in [-0.25, -0.2) is 0 Å². The first-order chi connectivity index (χ1) is 6.16. The van der Waals surface area contributed by atoms with Crippen molar-refractivity contribution < 1.29 is 14.6 Å². The topological polar surface area (TPSA) is 46.5 Å². The Hall–Kier alpha value is -1.51. The maximum atomic E-state index is 9.00. The highest BCUT2D eigenvalue weighted by molar-refractivity contribution is 5.62. The highest BCUT2D eigenvalue weighted by atomic mass is 16.5. The average Bonchev–Trinajstić information content (AvgIpc) is 2.06. The molecule has 0 bridgehead atoms. The van der Waals surface area contributed by atoms with E-state index in [-0.39, 0.29) is 0 Å². The molecule has 3 nitrogen and oxygen atoms in total. The van der Waals surface area contributed by atoms with Crippen molar-refractivity contribution in [1.82, 2.24) is 0 Å². The second-order valence-corrected chi connectivity index (χ2v) is 2.44. The molecule has 0 spiro atoms. The maximum absolute atomic E-state index is 9.00. The van der Waals surface area contributed by atoms with Crippen LogP contribution in [-0.2, 0) is 9.53 Å². The van der Waals surface area contributed by atoms with E-state index in [9.17, 15) is 0 Å². The molecular weight excluding hydrogens is 168 g/mol. The van der Waals surface area contributed by atoms with Gasteiger partial charge in [-0.1, -0.05) is 24.3 Å². The van der Waals surface area contributed by atoms with Gasteiger partial charge in [0.1, 0.15) is 0 Å². The van der Waals surface area contributed by atoms with Gasteiger partial charge in [0.15, 0.2) is 0 Å². The second kappa shape index (κ2) is 7.16. The zero-order chi connectivity index (χ0) is 10.1. The molecule has 1 aliphatic carbocycles. The van der Waals surface area contributed by atoms with Crippen molar-refractivity contribution >= 4 is 5.97 Å². The van der Waals surface area contributed by atoms with Crippen molar-refractivity contribution in [3.8, 4) is 0 Å². The Balaban J connectivity index is 0.000000310. The van der Waals surface area contributed by atoms with Crippen molar-refractivity contribution in [2.45, 2.75) is 13.3 Å². The van der Waals surface area contributed by atoms with Crippen LogP contribution in [0.15, 0.2) is 36.1 Å². The molecular formula is C10H14O3. The fraction of sp³-hybridized carbons (Fsp3) is 0.300. The summed E-state index contributed by atoms with van der Waals surface area (Å²) < 4.78 is 4.83. The molecule has 0 saturated carbocycles. The largest absolute Gasteiger partial charge is 0.504 e. The Morgan fingerprint density at radius 2 is 2.23 bits per heavy atom. The third-order valence-electron chi connectivity index (χ3n) is 1.18. The first-order valence-corrected chi connectivity index (χ1v) is 3.91. The summed E-state index contributed by atoms with van der Waals surface area (Å²) in [6, 6.07) is 0. The monoisotopic (exact) mass is 182 g/mol. The van der Waals surface area contributed by atoms with Gasteiger partial charge in [0.25, 0.3) is 5.97 Å². The smallest absolute Gasteiger partial charge is 0.300 e. The molecule has 0 fully saturated rings. The molecule has 1 aliphatic rings. The zero-order valence-electron chi connectivity index (χ0n) is 7.86. The van der Waals surface area contributed by atoms with Crippen LogP contribution in [0.3, 0.4) is 0 Å². The van der Waals surface area contributed by atoms with Gasteiger partial charge < -0.3 is 9.84 Å². The summed E-state index contributed by atoms with van der Waals surface area (Å²) in [6.07, 6.45) is 10.9. The van der Waals surface area contributed by atoms with Crippen LogP contribution in [0.2, 0.25) is 0 Å². The lowest BCUT2D eigenvalue weighted by atomic mass is 10.1. The molecule has 0 unspecified atom stereocenters. The van der Waals surface area contributed by atoms with E-state index < -0.39 is 5.97 Å². The molecule has 0 atom stereocenters. The lowest BCUT2D eigenvalue weighted by Crippen LogP contribution is -1.80. The van der Waals surface area contributed by atoms with E-state index in [2.05, 4.69) is 6.08 Å². The molecule has 1 N–H and O–H groups in total. The number of ether oxygens (including phenoxy) is 1. The van der Waals surface area contributed by atoms with Crippen molar-refractivity contribution in [3.05, 3.63) is 36.1 Å². The van der Waals surface area contributed by atoms with Gasteiger partial charge in [0, 0.05) is 6.92 Å². The Bertz CT molecular complexity index is 233. The van der Waals surface area contributed by atoms with Crippen molar-refractivity contribution in [3.63, 3.8) is 0 Å². The number of carboxylic acids is 1. The zero-order valence-corrected chi connectivity index (χ0v) is 7.86. The summed E-state index contributed by atoms with van der Waals surface area (Å²) in [6.45, 7) is 1.08. The first kappa shape index (κ1) is 11.5. The summed E-state index contributed by atoms with van der Waals surface area (Å²) in [5, 5.41) is 7.42. The van der Waals surface area contributed by atoms with Crippen LogP contribution in [0.25, 0.3) is 0 Å². The van der Waals surface area contributed by atoms with Crippen LogP contribution in [-0.4, -0.2) is 18.2 Å². The predicted molar refractivity (Wildman–Crippen MR) is 51.3 cm³/mol. The molecule has 0 aliphatic heterocycles. The predicted octanol–water partition coefficient (Wildman–Crippen LogP) is 2.12. The first-order valence-electron chi connectivity index (χ1n) is 3.91. The van der Waals surface area contributed by atoms with Crippen LogP contribution < -0.4 is 0 Å². The fourth-order valence-electron chi connectivity index (χ4n) is 0.769. The minimum Gasteiger partial charge on any atom is -0.504 e. The number of rotatable bonds is 1. The van der Waals surface area contributed by atoms with E-state index in [4.69, 9.17) is 14.6 Å². The summed E-state index contributed by atoms with van der Waals surface area (Å²) >= 11 is 0. The van der Waals surface area contributed by atoms with Crippen LogP contribution in [0.4, 0.5) is 0 Å². The molecule has 0 radical (unpaired) electrons. The molecule has 0 saturated heterocycles. The van der Waals surface area contributed by atoms with Crippen LogP contribution >= 0.6 is 0 Å². The van der Waals surface area contributed by atoms with Crippen LogP contribution in [0, 0.1) is 0 Å². The van der Waals surface area contributed by atoms with Gasteiger partial charge in [0.05, 0.1) is 13.4 Å². The van der Waals surface area contributed by atoms with Crippen LogP contribution in [0.1, 0.15) is 13.3 Å². The van der Waals surface area contributed by atoms with Gasteiger partial charge >= 0.3 is 0 Å². The average molecular weight is 182 g/mol. The summed E-state index contributed by atoms with van der Waals surface area (Å²) in [5.74, 6) is -0.833. The van der Waals surface area contributed by atoms with Gasteiger partial charge in [-0.05, 0) is 12.0 Å². The Kier molecular flexibility index (Phi) is 6.32. The number of carboxylic acid groups (broad SMARTS) is 1. The molecule has 1 rings (SSSR count). The Morgan fingerprint density at radius 3 is 2.62 bits per heavy atom. The lowest BCUT2D eigenvalue weighted by Gasteiger charge is -1.99. The number of aliphatic carboxylic acids is 1. The van der Waals surface area contributed by atoms with E-state index >= 15 is 0 Å². The molecule has 0 aromatic rings. The Labute approximate surface area is 78.0 Å². The van der Waals surface area contributed by atoms with E-state index in [1.807, 2.05) is 18.2 Å². The van der Waals surface area contributed by atoms with E-state index in [1.54, 1.807) is 13.4 Å². The Morgan fingerprint density at radius 1 is 1.62 bits per heavy atom. The minimum atomic E-state index is -0.833. The third-order valence-corrected chi connectivity index (χ3v) is 1.18. The standard InChI is InChI=1S/C8H10O.C2H4O2/c1-9-7-8-5-3-2-4-6-8;1-2(3)4/h2-5,7H,6H2,1H3;1H3,(H,3,4).